The van der Waals surface area contributed by atoms with Gasteiger partial charge in [0, 0.05) is 4.90 Å². The van der Waals surface area contributed by atoms with E-state index in [1.165, 1.54) is 11.8 Å². The van der Waals surface area contributed by atoms with Gasteiger partial charge in [0.15, 0.2) is 6.61 Å². The summed E-state index contributed by atoms with van der Waals surface area (Å²) in [5.74, 6) is -3.88. The Hall–Kier alpha value is -2.94. The zero-order valence-corrected chi connectivity index (χ0v) is 14.6. The van der Waals surface area contributed by atoms with E-state index in [9.17, 15) is 23.2 Å². The summed E-state index contributed by atoms with van der Waals surface area (Å²) in [5.41, 5.74) is 0.0563. The topological polar surface area (TPSA) is 84.5 Å². The van der Waals surface area contributed by atoms with Gasteiger partial charge in [-0.05, 0) is 24.3 Å². The van der Waals surface area contributed by atoms with Crippen molar-refractivity contribution in [3.63, 3.8) is 0 Å². The van der Waals surface area contributed by atoms with Crippen molar-refractivity contribution in [1.82, 2.24) is 0 Å². The molecule has 2 amide bonds. The highest BCUT2D eigenvalue weighted by Crippen LogP contribution is 2.36. The number of ether oxygens (including phenoxy) is 1. The lowest BCUT2D eigenvalue weighted by atomic mass is 10.2. The quantitative estimate of drug-likeness (QED) is 0.765. The number of esters is 1. The summed E-state index contributed by atoms with van der Waals surface area (Å²) >= 11 is 1.22. The molecule has 0 aliphatic carbocycles. The Morgan fingerprint density at radius 3 is 2.56 bits per heavy atom. The summed E-state index contributed by atoms with van der Waals surface area (Å²) in [4.78, 5) is 36.5. The predicted molar refractivity (Wildman–Crippen MR) is 95.3 cm³/mol. The molecular formula is C18H14F2N2O4S. The second kappa shape index (κ2) is 8.17. The van der Waals surface area contributed by atoms with Crippen LogP contribution in [0.1, 0.15) is 6.42 Å². The van der Waals surface area contributed by atoms with Gasteiger partial charge in [-0.3, -0.25) is 14.4 Å². The minimum atomic E-state index is -0.941. The van der Waals surface area contributed by atoms with Gasteiger partial charge in [-0.2, -0.15) is 0 Å². The maximum Gasteiger partial charge on any atom is 0.307 e. The molecule has 2 aromatic rings. The highest BCUT2D eigenvalue weighted by atomic mass is 32.2. The molecule has 2 aromatic carbocycles. The predicted octanol–water partition coefficient (Wildman–Crippen LogP) is 2.95. The van der Waals surface area contributed by atoms with E-state index < -0.39 is 41.1 Å². The van der Waals surface area contributed by atoms with Gasteiger partial charge in [0.2, 0.25) is 5.91 Å². The Labute approximate surface area is 157 Å². The molecule has 3 rings (SSSR count). The summed E-state index contributed by atoms with van der Waals surface area (Å²) in [6.07, 6.45) is -0.244. The summed E-state index contributed by atoms with van der Waals surface area (Å²) < 4.78 is 31.8. The number of halogens is 2. The molecule has 0 radical (unpaired) electrons. The van der Waals surface area contributed by atoms with E-state index in [0.29, 0.717) is 5.69 Å². The standard InChI is InChI=1S/C18H14F2N2O4S/c19-10-4-3-5-11(20)17(10)22-15(23)9-26-16(24)8-14-18(25)21-12-6-1-2-7-13(12)27-14/h1-7,14H,8-9H2,(H,21,25)(H,22,23)/t14-/m1/s1. The third-order valence-corrected chi connectivity index (χ3v) is 4.93. The van der Waals surface area contributed by atoms with Crippen molar-refractivity contribution in [2.45, 2.75) is 16.6 Å². The summed E-state index contributed by atoms with van der Waals surface area (Å²) in [6, 6.07) is 10.3. The van der Waals surface area contributed by atoms with Crippen molar-refractivity contribution in [3.05, 3.63) is 54.1 Å². The number of carbonyl (C=O) groups is 3. The molecule has 9 heteroatoms. The van der Waals surface area contributed by atoms with E-state index in [1.807, 2.05) is 17.4 Å². The fourth-order valence-electron chi connectivity index (χ4n) is 2.38. The number of rotatable bonds is 5. The Morgan fingerprint density at radius 2 is 1.81 bits per heavy atom. The first kappa shape index (κ1) is 18.8. The van der Waals surface area contributed by atoms with Gasteiger partial charge in [-0.25, -0.2) is 8.78 Å². The molecule has 140 valence electrons. The van der Waals surface area contributed by atoms with Crippen LogP contribution < -0.4 is 10.6 Å². The number of benzene rings is 2. The fraction of sp³-hybridized carbons (Fsp3) is 0.167. The third-order valence-electron chi connectivity index (χ3n) is 3.65. The smallest absolute Gasteiger partial charge is 0.307 e. The molecule has 27 heavy (non-hydrogen) atoms. The number of anilines is 2. The van der Waals surface area contributed by atoms with Crippen molar-refractivity contribution in [2.24, 2.45) is 0 Å². The molecule has 0 unspecified atom stereocenters. The molecule has 0 aromatic heterocycles. The first-order valence-corrected chi connectivity index (χ1v) is 8.78. The van der Waals surface area contributed by atoms with E-state index in [2.05, 4.69) is 5.32 Å². The van der Waals surface area contributed by atoms with Crippen LogP contribution >= 0.6 is 11.8 Å². The van der Waals surface area contributed by atoms with Gasteiger partial charge in [0.1, 0.15) is 17.3 Å². The third kappa shape index (κ3) is 4.62. The van der Waals surface area contributed by atoms with Crippen LogP contribution in [0.15, 0.2) is 47.4 Å². The molecule has 1 heterocycles. The number of amides is 2. The molecule has 0 fully saturated rings. The Bertz CT molecular complexity index is 886. The summed E-state index contributed by atoms with van der Waals surface area (Å²) in [5, 5.41) is 4.01. The monoisotopic (exact) mass is 392 g/mol. The second-order valence-corrected chi connectivity index (χ2v) is 6.85. The number of hydrogen-bond donors (Lipinski definition) is 2. The maximum absolute atomic E-state index is 13.5. The van der Waals surface area contributed by atoms with E-state index in [4.69, 9.17) is 4.74 Å². The molecule has 0 saturated carbocycles. The number of carbonyl (C=O) groups excluding carboxylic acids is 3. The molecule has 1 aliphatic heterocycles. The number of thioether (sulfide) groups is 1. The lowest BCUT2D eigenvalue weighted by Gasteiger charge is -2.23. The van der Waals surface area contributed by atoms with Crippen LogP contribution in [0.25, 0.3) is 0 Å². The van der Waals surface area contributed by atoms with Gasteiger partial charge in [-0.15, -0.1) is 11.8 Å². The van der Waals surface area contributed by atoms with E-state index in [0.717, 1.165) is 23.1 Å². The first-order valence-electron chi connectivity index (χ1n) is 7.90. The number of para-hydroxylation sites is 2. The summed E-state index contributed by atoms with van der Waals surface area (Å²) in [6.45, 7) is -0.720. The maximum atomic E-state index is 13.5. The van der Waals surface area contributed by atoms with Gasteiger partial charge in [0.05, 0.1) is 17.4 Å². The SMILES string of the molecule is O=C(COC(=O)C[C@H]1Sc2ccccc2NC1=O)Nc1c(F)cccc1F. The van der Waals surface area contributed by atoms with Gasteiger partial charge in [0.25, 0.3) is 5.91 Å². The normalized spacial score (nSPS) is 15.5. The van der Waals surface area contributed by atoms with Crippen molar-refractivity contribution in [3.8, 4) is 0 Å². The van der Waals surface area contributed by atoms with E-state index >= 15 is 0 Å². The number of fused-ring (bicyclic) bond motifs is 1. The molecule has 0 saturated heterocycles. The molecule has 1 atom stereocenters. The van der Waals surface area contributed by atoms with Crippen LogP contribution in [0, 0.1) is 11.6 Å². The average molecular weight is 392 g/mol. The van der Waals surface area contributed by atoms with Crippen LogP contribution in [0.2, 0.25) is 0 Å². The molecule has 6 nitrogen and oxygen atoms in total. The zero-order chi connectivity index (χ0) is 19.4. The van der Waals surface area contributed by atoms with Gasteiger partial charge in [-0.1, -0.05) is 18.2 Å². The summed E-state index contributed by atoms with van der Waals surface area (Å²) in [7, 11) is 0. The Morgan fingerprint density at radius 1 is 1.11 bits per heavy atom. The minimum absolute atomic E-state index is 0.244. The van der Waals surface area contributed by atoms with Crippen LogP contribution in [0.5, 0.6) is 0 Å². The average Bonchev–Trinajstić information content (AvgIpc) is 2.64. The molecule has 0 bridgehead atoms. The molecule has 1 aliphatic rings. The van der Waals surface area contributed by atoms with Gasteiger partial charge < -0.3 is 15.4 Å². The Balaban J connectivity index is 1.51. The van der Waals surface area contributed by atoms with Crippen LogP contribution in [-0.2, 0) is 19.1 Å². The number of nitrogens with one attached hydrogen (secondary N) is 2. The first-order chi connectivity index (χ1) is 12.9. The lowest BCUT2D eigenvalue weighted by molar-refractivity contribution is -0.147. The van der Waals surface area contributed by atoms with Crippen LogP contribution in [0.4, 0.5) is 20.2 Å². The van der Waals surface area contributed by atoms with Crippen molar-refractivity contribution >= 4 is 40.9 Å². The minimum Gasteiger partial charge on any atom is -0.456 e. The highest BCUT2D eigenvalue weighted by Gasteiger charge is 2.29. The van der Waals surface area contributed by atoms with Crippen molar-refractivity contribution in [2.75, 3.05) is 17.2 Å². The zero-order valence-electron chi connectivity index (χ0n) is 13.8. The van der Waals surface area contributed by atoms with Crippen LogP contribution in [-0.4, -0.2) is 29.6 Å². The van der Waals surface area contributed by atoms with E-state index in [1.54, 1.807) is 12.1 Å². The fourth-order valence-corrected chi connectivity index (χ4v) is 3.47. The van der Waals surface area contributed by atoms with E-state index in [-0.39, 0.29) is 12.3 Å². The van der Waals surface area contributed by atoms with Crippen molar-refractivity contribution < 1.29 is 27.9 Å². The van der Waals surface area contributed by atoms with Gasteiger partial charge >= 0.3 is 5.97 Å². The highest BCUT2D eigenvalue weighted by molar-refractivity contribution is 8.01. The molecular weight excluding hydrogens is 378 g/mol. The van der Waals surface area contributed by atoms with Crippen molar-refractivity contribution in [1.29, 1.82) is 0 Å². The largest absolute Gasteiger partial charge is 0.456 e. The number of hydrogen-bond acceptors (Lipinski definition) is 5. The van der Waals surface area contributed by atoms with Crippen LogP contribution in [0.3, 0.4) is 0 Å². The molecule has 0 spiro atoms. The Kier molecular flexibility index (Phi) is 5.70. The lowest BCUT2D eigenvalue weighted by Crippen LogP contribution is -2.32. The second-order valence-electron chi connectivity index (χ2n) is 5.60. The molecule has 2 N–H and O–H groups in total.